The summed E-state index contributed by atoms with van der Waals surface area (Å²) in [5.74, 6) is -0.299. The minimum absolute atomic E-state index is 0.299. The van der Waals surface area contributed by atoms with E-state index >= 15 is 0 Å². The fraction of sp³-hybridized carbons (Fsp3) is 0.333. The minimum Gasteiger partial charge on any atom is -0.368 e. The molecular formula is C18H20Cl2N4O. The van der Waals surface area contributed by atoms with Crippen LogP contribution in [0.1, 0.15) is 17.4 Å². The van der Waals surface area contributed by atoms with Gasteiger partial charge in [0.15, 0.2) is 0 Å². The van der Waals surface area contributed by atoms with Gasteiger partial charge in [0.05, 0.1) is 22.6 Å². The average molecular weight is 379 g/mol. The summed E-state index contributed by atoms with van der Waals surface area (Å²) in [6.45, 7) is 7.31. The smallest absolute Gasteiger partial charge is 0.274 e. The number of carbonyl (C=O) groups is 1. The van der Waals surface area contributed by atoms with Gasteiger partial charge in [0.2, 0.25) is 0 Å². The zero-order chi connectivity index (χ0) is 17.8. The monoisotopic (exact) mass is 378 g/mol. The number of hydrogen-bond donors (Lipinski definition) is 1. The molecular weight excluding hydrogens is 359 g/mol. The van der Waals surface area contributed by atoms with Gasteiger partial charge >= 0.3 is 0 Å². The number of nitrogens with zero attached hydrogens (tertiary/aromatic N) is 3. The van der Waals surface area contributed by atoms with Crippen LogP contribution in [0.15, 0.2) is 36.5 Å². The van der Waals surface area contributed by atoms with Gasteiger partial charge in [0, 0.05) is 31.2 Å². The highest BCUT2D eigenvalue weighted by Gasteiger charge is 2.17. The second-order valence-corrected chi connectivity index (χ2v) is 6.74. The predicted octanol–water partition coefficient (Wildman–Crippen LogP) is 3.78. The molecule has 132 valence electrons. The van der Waals surface area contributed by atoms with E-state index in [2.05, 4.69) is 27.0 Å². The van der Waals surface area contributed by atoms with Gasteiger partial charge in [0.25, 0.3) is 5.91 Å². The van der Waals surface area contributed by atoms with Crippen molar-refractivity contribution in [1.82, 2.24) is 9.88 Å². The second kappa shape index (κ2) is 8.04. The molecule has 1 aliphatic heterocycles. The lowest BCUT2D eigenvalue weighted by Crippen LogP contribution is -2.46. The molecule has 2 aromatic rings. The number of carbonyl (C=O) groups excluding carboxylic acids is 1. The number of halogens is 2. The SMILES string of the molecule is CCN1CCN(c2ccc(C(=O)Nc3ccc(Cl)cc3Cl)nc2)CC1. The quantitative estimate of drug-likeness (QED) is 0.879. The van der Waals surface area contributed by atoms with Crippen LogP contribution in [-0.2, 0) is 0 Å². The maximum Gasteiger partial charge on any atom is 0.274 e. The number of benzene rings is 1. The van der Waals surface area contributed by atoms with Gasteiger partial charge in [-0.1, -0.05) is 30.1 Å². The Balaban J connectivity index is 1.64. The molecule has 0 bridgehead atoms. The van der Waals surface area contributed by atoms with E-state index < -0.39 is 0 Å². The third-order valence-electron chi connectivity index (χ3n) is 4.34. The van der Waals surface area contributed by atoms with E-state index in [9.17, 15) is 4.79 Å². The molecule has 0 unspecified atom stereocenters. The Morgan fingerprint density at radius 3 is 2.52 bits per heavy atom. The molecule has 2 heterocycles. The van der Waals surface area contributed by atoms with Crippen LogP contribution in [-0.4, -0.2) is 48.5 Å². The highest BCUT2D eigenvalue weighted by Crippen LogP contribution is 2.25. The van der Waals surface area contributed by atoms with Gasteiger partial charge in [-0.25, -0.2) is 4.98 Å². The summed E-state index contributed by atoms with van der Waals surface area (Å²) in [6, 6.07) is 8.61. The van der Waals surface area contributed by atoms with Crippen molar-refractivity contribution >= 4 is 40.5 Å². The maximum absolute atomic E-state index is 12.3. The Labute approximate surface area is 157 Å². The van der Waals surface area contributed by atoms with Crippen LogP contribution in [0.2, 0.25) is 10.0 Å². The molecule has 0 atom stereocenters. The Bertz CT molecular complexity index is 743. The van der Waals surface area contributed by atoms with Crippen molar-refractivity contribution in [2.45, 2.75) is 6.92 Å². The van der Waals surface area contributed by atoms with Gasteiger partial charge in [-0.05, 0) is 36.9 Å². The van der Waals surface area contributed by atoms with Gasteiger partial charge in [-0.3, -0.25) is 4.79 Å². The van der Waals surface area contributed by atoms with Crippen LogP contribution in [0.3, 0.4) is 0 Å². The average Bonchev–Trinajstić information content (AvgIpc) is 2.64. The van der Waals surface area contributed by atoms with Crippen molar-refractivity contribution in [3.05, 3.63) is 52.3 Å². The number of anilines is 2. The van der Waals surface area contributed by atoms with Gasteiger partial charge in [-0.15, -0.1) is 0 Å². The van der Waals surface area contributed by atoms with Crippen molar-refractivity contribution in [1.29, 1.82) is 0 Å². The zero-order valence-corrected chi connectivity index (χ0v) is 15.5. The molecule has 3 rings (SSSR count). The Morgan fingerprint density at radius 1 is 1.16 bits per heavy atom. The molecule has 1 aromatic carbocycles. The van der Waals surface area contributed by atoms with E-state index in [1.165, 1.54) is 0 Å². The molecule has 0 spiro atoms. The Morgan fingerprint density at radius 2 is 1.92 bits per heavy atom. The Kier molecular flexibility index (Phi) is 5.78. The third kappa shape index (κ3) is 4.42. The fourth-order valence-corrected chi connectivity index (χ4v) is 3.26. The standard InChI is InChI=1S/C18H20Cl2N4O/c1-2-23-7-9-24(10-8-23)14-4-6-17(21-12-14)18(25)22-16-5-3-13(19)11-15(16)20/h3-6,11-12H,2,7-10H2,1H3,(H,22,25). The number of likely N-dealkylation sites (N-methyl/N-ethyl adjacent to an activating group) is 1. The predicted molar refractivity (Wildman–Crippen MR) is 103 cm³/mol. The molecule has 1 aliphatic rings. The second-order valence-electron chi connectivity index (χ2n) is 5.90. The Hall–Kier alpha value is -1.82. The molecule has 0 saturated carbocycles. The lowest BCUT2D eigenvalue weighted by atomic mass is 10.2. The highest BCUT2D eigenvalue weighted by atomic mass is 35.5. The van der Waals surface area contributed by atoms with Crippen molar-refractivity contribution in [2.24, 2.45) is 0 Å². The molecule has 1 N–H and O–H groups in total. The molecule has 1 amide bonds. The highest BCUT2D eigenvalue weighted by molar-refractivity contribution is 6.36. The van der Waals surface area contributed by atoms with Crippen molar-refractivity contribution in [2.75, 3.05) is 42.9 Å². The summed E-state index contributed by atoms with van der Waals surface area (Å²) in [5.41, 5.74) is 1.90. The van der Waals surface area contributed by atoms with Gasteiger partial charge < -0.3 is 15.1 Å². The van der Waals surface area contributed by atoms with Crippen LogP contribution in [0, 0.1) is 0 Å². The van der Waals surface area contributed by atoms with E-state index in [-0.39, 0.29) is 5.91 Å². The number of nitrogens with one attached hydrogen (secondary N) is 1. The van der Waals surface area contributed by atoms with Crippen LogP contribution < -0.4 is 10.2 Å². The van der Waals surface area contributed by atoms with E-state index in [4.69, 9.17) is 23.2 Å². The number of rotatable bonds is 4. The van der Waals surface area contributed by atoms with E-state index in [0.717, 1.165) is 38.4 Å². The van der Waals surface area contributed by atoms with E-state index in [0.29, 0.717) is 21.4 Å². The zero-order valence-electron chi connectivity index (χ0n) is 14.0. The molecule has 0 radical (unpaired) electrons. The van der Waals surface area contributed by atoms with Crippen molar-refractivity contribution in [3.63, 3.8) is 0 Å². The van der Waals surface area contributed by atoms with Crippen LogP contribution in [0.25, 0.3) is 0 Å². The summed E-state index contributed by atoms with van der Waals surface area (Å²) in [7, 11) is 0. The summed E-state index contributed by atoms with van der Waals surface area (Å²) in [5, 5.41) is 3.67. The summed E-state index contributed by atoms with van der Waals surface area (Å²) >= 11 is 11.9. The first-order valence-electron chi connectivity index (χ1n) is 8.26. The first-order valence-corrected chi connectivity index (χ1v) is 9.02. The summed E-state index contributed by atoms with van der Waals surface area (Å²) in [6.07, 6.45) is 1.75. The molecule has 1 saturated heterocycles. The number of pyridine rings is 1. The number of hydrogen-bond acceptors (Lipinski definition) is 4. The van der Waals surface area contributed by atoms with E-state index in [1.807, 2.05) is 6.07 Å². The fourth-order valence-electron chi connectivity index (χ4n) is 2.81. The summed E-state index contributed by atoms with van der Waals surface area (Å²) < 4.78 is 0. The molecule has 25 heavy (non-hydrogen) atoms. The van der Waals surface area contributed by atoms with Crippen molar-refractivity contribution in [3.8, 4) is 0 Å². The minimum atomic E-state index is -0.299. The van der Waals surface area contributed by atoms with Crippen LogP contribution in [0.4, 0.5) is 11.4 Å². The van der Waals surface area contributed by atoms with Gasteiger partial charge in [-0.2, -0.15) is 0 Å². The lowest BCUT2D eigenvalue weighted by Gasteiger charge is -2.35. The van der Waals surface area contributed by atoms with E-state index in [1.54, 1.807) is 30.5 Å². The first-order chi connectivity index (χ1) is 12.1. The molecule has 0 aliphatic carbocycles. The first kappa shape index (κ1) is 18.0. The summed E-state index contributed by atoms with van der Waals surface area (Å²) in [4.78, 5) is 21.3. The lowest BCUT2D eigenvalue weighted by molar-refractivity contribution is 0.102. The number of amides is 1. The van der Waals surface area contributed by atoms with Crippen LogP contribution in [0.5, 0.6) is 0 Å². The topological polar surface area (TPSA) is 48.5 Å². The van der Waals surface area contributed by atoms with Crippen molar-refractivity contribution < 1.29 is 4.79 Å². The van der Waals surface area contributed by atoms with Crippen LogP contribution >= 0.6 is 23.2 Å². The number of aromatic nitrogens is 1. The van der Waals surface area contributed by atoms with Gasteiger partial charge in [0.1, 0.15) is 5.69 Å². The molecule has 1 aromatic heterocycles. The third-order valence-corrected chi connectivity index (χ3v) is 4.89. The normalized spacial score (nSPS) is 15.2. The number of piperazine rings is 1. The molecule has 5 nitrogen and oxygen atoms in total. The largest absolute Gasteiger partial charge is 0.368 e. The maximum atomic E-state index is 12.3. The molecule has 7 heteroatoms. The molecule has 1 fully saturated rings.